The maximum absolute atomic E-state index is 10.4. The van der Waals surface area contributed by atoms with E-state index in [0.717, 1.165) is 43.4 Å². The van der Waals surface area contributed by atoms with Crippen LogP contribution in [0.3, 0.4) is 0 Å². The van der Waals surface area contributed by atoms with Crippen molar-refractivity contribution in [3.63, 3.8) is 0 Å². The van der Waals surface area contributed by atoms with Gasteiger partial charge in [-0.05, 0) is 36.6 Å². The number of nitrogens with zero attached hydrogens (tertiary/aromatic N) is 2. The van der Waals surface area contributed by atoms with Crippen LogP contribution in [-0.4, -0.2) is 42.4 Å². The zero-order chi connectivity index (χ0) is 13.7. The third kappa shape index (κ3) is 3.79. The first-order valence-corrected chi connectivity index (χ1v) is 6.34. The molecule has 19 heavy (non-hydrogen) atoms. The third-order valence-corrected chi connectivity index (χ3v) is 3.22. The number of hydrogen-bond acceptors (Lipinski definition) is 4. The van der Waals surface area contributed by atoms with Crippen LogP contribution in [-0.2, 0) is 9.53 Å². The Balaban J connectivity index is 2.03. The Kier molecular flexibility index (Phi) is 4.52. The smallest absolute Gasteiger partial charge is 0.328 e. The molecule has 1 aliphatic heterocycles. The van der Waals surface area contributed by atoms with Crippen molar-refractivity contribution in [2.45, 2.75) is 18.9 Å². The van der Waals surface area contributed by atoms with E-state index < -0.39 is 5.97 Å². The number of aromatic nitrogens is 1. The van der Waals surface area contributed by atoms with Crippen molar-refractivity contribution in [2.24, 2.45) is 0 Å². The largest absolute Gasteiger partial charge is 0.478 e. The van der Waals surface area contributed by atoms with E-state index in [1.165, 1.54) is 6.08 Å². The molecule has 0 saturated carbocycles. The summed E-state index contributed by atoms with van der Waals surface area (Å²) < 4.78 is 5.39. The summed E-state index contributed by atoms with van der Waals surface area (Å²) in [6.45, 7) is 1.84. The molecule has 2 heterocycles. The predicted molar refractivity (Wildman–Crippen MR) is 73.2 cm³/mol. The van der Waals surface area contributed by atoms with E-state index in [1.54, 1.807) is 13.3 Å². The fourth-order valence-corrected chi connectivity index (χ4v) is 2.19. The number of aliphatic carboxylic acids is 1. The average molecular weight is 262 g/mol. The van der Waals surface area contributed by atoms with Crippen molar-refractivity contribution in [2.75, 3.05) is 25.1 Å². The number of carboxylic acid groups (broad SMARTS) is 1. The number of piperidine rings is 1. The molecular weight excluding hydrogens is 244 g/mol. The molecule has 1 fully saturated rings. The summed E-state index contributed by atoms with van der Waals surface area (Å²) in [5.74, 6) is -0.0442. The highest BCUT2D eigenvalue weighted by Crippen LogP contribution is 2.19. The molecule has 1 aromatic heterocycles. The van der Waals surface area contributed by atoms with Crippen LogP contribution in [0.15, 0.2) is 24.4 Å². The van der Waals surface area contributed by atoms with Gasteiger partial charge >= 0.3 is 5.97 Å². The summed E-state index contributed by atoms with van der Waals surface area (Å²) in [5, 5.41) is 8.56. The Morgan fingerprint density at radius 2 is 2.42 bits per heavy atom. The third-order valence-electron chi connectivity index (χ3n) is 3.22. The van der Waals surface area contributed by atoms with E-state index in [4.69, 9.17) is 9.84 Å². The normalized spacial score (nSPS) is 19.8. The van der Waals surface area contributed by atoms with Crippen LogP contribution in [0.5, 0.6) is 0 Å². The molecule has 0 aliphatic carbocycles. The van der Waals surface area contributed by atoms with E-state index in [1.807, 2.05) is 12.1 Å². The van der Waals surface area contributed by atoms with Crippen LogP contribution in [0.25, 0.3) is 6.08 Å². The molecular formula is C14H18N2O3. The van der Waals surface area contributed by atoms with E-state index in [2.05, 4.69) is 9.88 Å². The van der Waals surface area contributed by atoms with Gasteiger partial charge in [0.1, 0.15) is 5.82 Å². The fraction of sp³-hybridized carbons (Fsp3) is 0.429. The second-order valence-electron chi connectivity index (χ2n) is 4.57. The molecule has 5 nitrogen and oxygen atoms in total. The van der Waals surface area contributed by atoms with Gasteiger partial charge in [0.05, 0.1) is 6.10 Å². The Hall–Kier alpha value is -1.88. The highest BCUT2D eigenvalue weighted by molar-refractivity contribution is 5.85. The molecule has 0 amide bonds. The van der Waals surface area contributed by atoms with Gasteiger partial charge in [-0.3, -0.25) is 0 Å². The summed E-state index contributed by atoms with van der Waals surface area (Å²) in [6.07, 6.45) is 6.78. The molecule has 0 spiro atoms. The SMILES string of the molecule is COC1CCCN(c2ccc(/C=C/C(=O)O)cn2)C1. The van der Waals surface area contributed by atoms with Crippen molar-refractivity contribution in [3.05, 3.63) is 30.0 Å². The lowest BCUT2D eigenvalue weighted by atomic mass is 10.1. The van der Waals surface area contributed by atoms with Crippen molar-refractivity contribution >= 4 is 17.9 Å². The number of methoxy groups -OCH3 is 1. The van der Waals surface area contributed by atoms with E-state index >= 15 is 0 Å². The Bertz CT molecular complexity index is 456. The Morgan fingerprint density at radius 1 is 1.58 bits per heavy atom. The number of carbonyl (C=O) groups is 1. The number of ether oxygens (including phenoxy) is 1. The van der Waals surface area contributed by atoms with Crippen LogP contribution in [0.4, 0.5) is 5.82 Å². The predicted octanol–water partition coefficient (Wildman–Crippen LogP) is 1.79. The number of rotatable bonds is 4. The van der Waals surface area contributed by atoms with Crippen molar-refractivity contribution in [1.29, 1.82) is 0 Å². The van der Waals surface area contributed by atoms with Gasteiger partial charge in [0, 0.05) is 32.5 Å². The Labute approximate surface area is 112 Å². The van der Waals surface area contributed by atoms with Crippen molar-refractivity contribution < 1.29 is 14.6 Å². The summed E-state index contributed by atoms with van der Waals surface area (Å²) in [5.41, 5.74) is 0.784. The maximum Gasteiger partial charge on any atom is 0.328 e. The summed E-state index contributed by atoms with van der Waals surface area (Å²) >= 11 is 0. The quantitative estimate of drug-likeness (QED) is 0.838. The number of carboxylic acids is 1. The summed E-state index contributed by atoms with van der Waals surface area (Å²) in [6, 6.07) is 3.79. The molecule has 1 atom stereocenters. The van der Waals surface area contributed by atoms with Gasteiger partial charge in [-0.25, -0.2) is 9.78 Å². The second kappa shape index (κ2) is 6.33. The number of hydrogen-bond donors (Lipinski definition) is 1. The van der Waals surface area contributed by atoms with Gasteiger partial charge < -0.3 is 14.7 Å². The topological polar surface area (TPSA) is 62.7 Å². The maximum atomic E-state index is 10.4. The molecule has 0 radical (unpaired) electrons. The minimum Gasteiger partial charge on any atom is -0.478 e. The zero-order valence-corrected chi connectivity index (χ0v) is 11.0. The van der Waals surface area contributed by atoms with E-state index in [-0.39, 0.29) is 6.10 Å². The highest BCUT2D eigenvalue weighted by atomic mass is 16.5. The van der Waals surface area contributed by atoms with Gasteiger partial charge in [-0.2, -0.15) is 0 Å². The second-order valence-corrected chi connectivity index (χ2v) is 4.57. The van der Waals surface area contributed by atoms with Crippen molar-refractivity contribution in [3.8, 4) is 0 Å². The molecule has 1 N–H and O–H groups in total. The van der Waals surface area contributed by atoms with Crippen LogP contribution >= 0.6 is 0 Å². The minimum atomic E-state index is -0.956. The molecule has 1 aromatic rings. The molecule has 1 aliphatic rings. The summed E-state index contributed by atoms with van der Waals surface area (Å²) in [4.78, 5) is 17.0. The van der Waals surface area contributed by atoms with Crippen LogP contribution in [0.1, 0.15) is 18.4 Å². The number of anilines is 1. The monoisotopic (exact) mass is 262 g/mol. The van der Waals surface area contributed by atoms with Gasteiger partial charge in [-0.1, -0.05) is 0 Å². The van der Waals surface area contributed by atoms with Crippen LogP contribution < -0.4 is 4.90 Å². The molecule has 1 saturated heterocycles. The highest BCUT2D eigenvalue weighted by Gasteiger charge is 2.20. The van der Waals surface area contributed by atoms with Crippen LogP contribution in [0.2, 0.25) is 0 Å². The van der Waals surface area contributed by atoms with Gasteiger partial charge in [0.25, 0.3) is 0 Å². The number of pyridine rings is 1. The molecule has 0 bridgehead atoms. The zero-order valence-electron chi connectivity index (χ0n) is 11.0. The minimum absolute atomic E-state index is 0.266. The van der Waals surface area contributed by atoms with Crippen LogP contribution in [0, 0.1) is 0 Å². The first kappa shape index (κ1) is 13.5. The first-order valence-electron chi connectivity index (χ1n) is 6.34. The lowest BCUT2D eigenvalue weighted by molar-refractivity contribution is -0.131. The van der Waals surface area contributed by atoms with Gasteiger partial charge in [0.15, 0.2) is 0 Å². The van der Waals surface area contributed by atoms with E-state index in [9.17, 15) is 4.79 Å². The van der Waals surface area contributed by atoms with Crippen molar-refractivity contribution in [1.82, 2.24) is 4.98 Å². The van der Waals surface area contributed by atoms with Gasteiger partial charge in [-0.15, -0.1) is 0 Å². The summed E-state index contributed by atoms with van der Waals surface area (Å²) in [7, 11) is 1.74. The standard InChI is InChI=1S/C14H18N2O3/c1-19-12-3-2-8-16(10-12)13-6-4-11(9-15-13)5-7-14(17)18/h4-7,9,12H,2-3,8,10H2,1H3,(H,17,18)/b7-5+. The lowest BCUT2D eigenvalue weighted by Crippen LogP contribution is -2.39. The lowest BCUT2D eigenvalue weighted by Gasteiger charge is -2.32. The molecule has 102 valence electrons. The first-order chi connectivity index (χ1) is 9.19. The molecule has 0 aromatic carbocycles. The van der Waals surface area contributed by atoms with Gasteiger partial charge in [0.2, 0.25) is 0 Å². The molecule has 5 heteroatoms. The Morgan fingerprint density at radius 3 is 3.05 bits per heavy atom. The fourth-order valence-electron chi connectivity index (χ4n) is 2.19. The average Bonchev–Trinajstić information content (AvgIpc) is 2.45. The van der Waals surface area contributed by atoms with E-state index in [0.29, 0.717) is 0 Å². The molecule has 2 rings (SSSR count). The molecule has 1 unspecified atom stereocenters.